The molecule has 218 valence electrons. The molecule has 2 aromatic rings. The first-order valence-corrected chi connectivity index (χ1v) is 14.7. The van der Waals surface area contributed by atoms with Crippen LogP contribution in [0.25, 0.3) is 11.1 Å². The normalized spacial score (nSPS) is 16.7. The van der Waals surface area contributed by atoms with Crippen LogP contribution >= 0.6 is 0 Å². The summed E-state index contributed by atoms with van der Waals surface area (Å²) in [5.74, 6) is -0.351. The van der Waals surface area contributed by atoms with E-state index >= 15 is 0 Å². The zero-order valence-electron chi connectivity index (χ0n) is 23.2. The van der Waals surface area contributed by atoms with Crippen LogP contribution in [-0.2, 0) is 35.6 Å². The van der Waals surface area contributed by atoms with E-state index in [1.165, 1.54) is 0 Å². The van der Waals surface area contributed by atoms with Gasteiger partial charge < -0.3 is 34.8 Å². The first-order chi connectivity index (χ1) is 18.7. The van der Waals surface area contributed by atoms with E-state index in [2.05, 4.69) is 10.6 Å². The molecule has 1 atom stereocenters. The van der Waals surface area contributed by atoms with Crippen LogP contribution in [-0.4, -0.2) is 69.4 Å². The summed E-state index contributed by atoms with van der Waals surface area (Å²) in [5, 5.41) is 5.51. The first-order valence-electron chi connectivity index (χ1n) is 12.8. The molecule has 3 rings (SSSR count). The molecule has 11 nitrogen and oxygen atoms in total. The number of nitrogens with two attached hydrogens (primary N) is 1. The number of carbonyl (C=O) groups excluding carboxylic acids is 3. The van der Waals surface area contributed by atoms with Crippen LogP contribution in [0.4, 0.5) is 4.79 Å². The van der Waals surface area contributed by atoms with Gasteiger partial charge in [-0.15, -0.1) is 0 Å². The smallest absolute Gasteiger partial charge is 0.408 e. The monoisotopic (exact) mass is 575 g/mol. The van der Waals surface area contributed by atoms with Crippen LogP contribution in [0.2, 0.25) is 0 Å². The topological polar surface area (TPSA) is 163 Å². The first kappa shape index (κ1) is 31.1. The molecule has 1 aliphatic rings. The van der Waals surface area contributed by atoms with Gasteiger partial charge in [-0.3, -0.25) is 4.79 Å². The van der Waals surface area contributed by atoms with Gasteiger partial charge in [0, 0.05) is 39.0 Å². The molecular weight excluding hydrogens is 538 g/mol. The minimum absolute atomic E-state index is 0.106. The number of hydrogen-bond acceptors (Lipinski definition) is 9. The lowest BCUT2D eigenvalue weighted by molar-refractivity contribution is -0.135. The van der Waals surface area contributed by atoms with Gasteiger partial charge in [-0.1, -0.05) is 36.4 Å². The van der Waals surface area contributed by atoms with Gasteiger partial charge in [-0.2, -0.15) is 8.42 Å². The molecule has 0 radical (unpaired) electrons. The highest BCUT2D eigenvalue weighted by molar-refractivity contribution is 7.86. The van der Waals surface area contributed by atoms with Crippen LogP contribution in [0.5, 0.6) is 5.75 Å². The van der Waals surface area contributed by atoms with E-state index in [4.69, 9.17) is 19.4 Å². The van der Waals surface area contributed by atoms with Crippen molar-refractivity contribution in [3.8, 4) is 16.9 Å². The van der Waals surface area contributed by atoms with E-state index in [-0.39, 0.29) is 44.8 Å². The Kier molecular flexibility index (Phi) is 9.60. The van der Waals surface area contributed by atoms with E-state index < -0.39 is 38.8 Å². The second-order valence-corrected chi connectivity index (χ2v) is 12.5. The zero-order chi connectivity index (χ0) is 29.6. The van der Waals surface area contributed by atoms with Crippen molar-refractivity contribution in [3.05, 3.63) is 54.1 Å². The quantitative estimate of drug-likeness (QED) is 0.285. The maximum atomic E-state index is 13.6. The summed E-state index contributed by atoms with van der Waals surface area (Å²) >= 11 is 0. The Balaban J connectivity index is 1.79. The molecule has 0 saturated carbocycles. The van der Waals surface area contributed by atoms with Gasteiger partial charge in [0.2, 0.25) is 5.91 Å². The van der Waals surface area contributed by atoms with Crippen molar-refractivity contribution >= 4 is 28.4 Å². The standard InChI is InChI=1S/C28H37N3O8S/c1-26(2,3)38-25(34)31-28(12-14-37-15-13-28)24(33)30-27(18-29,19-32)17-20-8-10-21(11-9-20)22-6-5-7-23(16-22)39-40(4,35)36/h5-11,16,19H,12-15,17-18,29H2,1-4H3,(H,30,33)(H,31,34). The number of benzene rings is 2. The highest BCUT2D eigenvalue weighted by Crippen LogP contribution is 2.27. The average Bonchev–Trinajstić information content (AvgIpc) is 2.87. The van der Waals surface area contributed by atoms with Crippen molar-refractivity contribution in [2.45, 2.75) is 56.7 Å². The van der Waals surface area contributed by atoms with E-state index in [0.717, 1.165) is 22.9 Å². The van der Waals surface area contributed by atoms with Gasteiger partial charge in [-0.05, 0) is 49.6 Å². The molecule has 1 aliphatic heterocycles. The summed E-state index contributed by atoms with van der Waals surface area (Å²) in [6, 6.07) is 13.9. The minimum atomic E-state index is -3.66. The number of aldehydes is 1. The van der Waals surface area contributed by atoms with Gasteiger partial charge in [0.25, 0.3) is 0 Å². The Morgan fingerprint density at radius 2 is 1.73 bits per heavy atom. The minimum Gasteiger partial charge on any atom is -0.444 e. The zero-order valence-corrected chi connectivity index (χ0v) is 24.0. The molecule has 2 amide bonds. The van der Waals surface area contributed by atoms with Crippen LogP contribution in [0, 0.1) is 0 Å². The molecule has 12 heteroatoms. The largest absolute Gasteiger partial charge is 0.444 e. The van der Waals surface area contributed by atoms with Gasteiger partial charge in [0.1, 0.15) is 28.7 Å². The van der Waals surface area contributed by atoms with Crippen molar-refractivity contribution in [1.82, 2.24) is 10.6 Å². The molecule has 4 N–H and O–H groups in total. The number of amides is 2. The second kappa shape index (κ2) is 12.4. The molecule has 0 bridgehead atoms. The lowest BCUT2D eigenvalue weighted by atomic mass is 9.85. The molecule has 1 fully saturated rings. The summed E-state index contributed by atoms with van der Waals surface area (Å²) < 4.78 is 38.7. The summed E-state index contributed by atoms with van der Waals surface area (Å²) in [6.07, 6.45) is 1.36. The van der Waals surface area contributed by atoms with Gasteiger partial charge >= 0.3 is 16.2 Å². The van der Waals surface area contributed by atoms with Crippen molar-refractivity contribution in [2.75, 3.05) is 26.0 Å². The number of rotatable bonds is 10. The van der Waals surface area contributed by atoms with Crippen LogP contribution in [0.15, 0.2) is 48.5 Å². The molecule has 0 spiro atoms. The summed E-state index contributed by atoms with van der Waals surface area (Å²) in [7, 11) is -3.66. The third-order valence-corrected chi connectivity index (χ3v) is 6.86. The van der Waals surface area contributed by atoms with Crippen molar-refractivity contribution < 1.29 is 36.5 Å². The number of hydrogen-bond donors (Lipinski definition) is 3. The van der Waals surface area contributed by atoms with E-state index in [1.807, 2.05) is 18.2 Å². The Hall–Kier alpha value is -3.48. The van der Waals surface area contributed by atoms with Gasteiger partial charge in [0.05, 0.1) is 6.26 Å². The second-order valence-electron chi connectivity index (χ2n) is 10.9. The third kappa shape index (κ3) is 8.51. The van der Waals surface area contributed by atoms with E-state index in [1.54, 1.807) is 51.1 Å². The summed E-state index contributed by atoms with van der Waals surface area (Å²) in [5.41, 5.74) is 4.75. The number of carbonyl (C=O) groups is 3. The Morgan fingerprint density at radius 3 is 2.27 bits per heavy atom. The Bertz CT molecular complexity index is 1320. The number of nitrogens with one attached hydrogen (secondary N) is 2. The lowest BCUT2D eigenvalue weighted by Crippen LogP contribution is -2.67. The SMILES string of the molecule is CC(C)(C)OC(=O)NC1(C(=O)NC(C=O)(CN)Cc2ccc(-c3cccc(OS(C)(=O)=O)c3)cc2)CCOCC1. The third-order valence-electron chi connectivity index (χ3n) is 6.36. The summed E-state index contributed by atoms with van der Waals surface area (Å²) in [4.78, 5) is 38.5. The fourth-order valence-corrected chi connectivity index (χ4v) is 4.79. The molecule has 40 heavy (non-hydrogen) atoms. The lowest BCUT2D eigenvalue weighted by Gasteiger charge is -2.39. The van der Waals surface area contributed by atoms with Crippen LogP contribution in [0.3, 0.4) is 0 Å². The maximum absolute atomic E-state index is 13.6. The molecule has 2 aromatic carbocycles. The molecule has 1 saturated heterocycles. The predicted molar refractivity (Wildman–Crippen MR) is 149 cm³/mol. The van der Waals surface area contributed by atoms with Crippen LogP contribution < -0.4 is 20.6 Å². The van der Waals surface area contributed by atoms with E-state index in [9.17, 15) is 22.8 Å². The molecular formula is C28H37N3O8S. The van der Waals surface area contributed by atoms with Crippen molar-refractivity contribution in [3.63, 3.8) is 0 Å². The fourth-order valence-electron chi connectivity index (χ4n) is 4.34. The number of ether oxygens (including phenoxy) is 2. The summed E-state index contributed by atoms with van der Waals surface area (Å²) in [6.45, 7) is 5.49. The highest BCUT2D eigenvalue weighted by atomic mass is 32.2. The van der Waals surface area contributed by atoms with Crippen LogP contribution in [0.1, 0.15) is 39.2 Å². The average molecular weight is 576 g/mol. The van der Waals surface area contributed by atoms with Crippen molar-refractivity contribution in [1.29, 1.82) is 0 Å². The molecule has 1 unspecified atom stereocenters. The Morgan fingerprint density at radius 1 is 1.07 bits per heavy atom. The molecule has 0 aromatic heterocycles. The van der Waals surface area contributed by atoms with Gasteiger partial charge in [-0.25, -0.2) is 4.79 Å². The number of alkyl carbamates (subject to hydrolysis) is 1. The maximum Gasteiger partial charge on any atom is 0.408 e. The fraction of sp³-hybridized carbons (Fsp3) is 0.464. The van der Waals surface area contributed by atoms with E-state index in [0.29, 0.717) is 6.29 Å². The van der Waals surface area contributed by atoms with Crippen molar-refractivity contribution in [2.24, 2.45) is 5.73 Å². The highest BCUT2D eigenvalue weighted by Gasteiger charge is 2.45. The molecule has 1 heterocycles. The molecule has 0 aliphatic carbocycles. The Labute approximate surface area is 234 Å². The van der Waals surface area contributed by atoms with Gasteiger partial charge in [0.15, 0.2) is 0 Å². The predicted octanol–water partition coefficient (Wildman–Crippen LogP) is 2.32.